The number of para-hydroxylation sites is 1. The van der Waals surface area contributed by atoms with E-state index in [0.29, 0.717) is 17.3 Å². The summed E-state index contributed by atoms with van der Waals surface area (Å²) < 4.78 is 0. The molecule has 3 aromatic rings. The van der Waals surface area contributed by atoms with E-state index in [1.165, 1.54) is 6.92 Å². The highest BCUT2D eigenvalue weighted by Gasteiger charge is 2.13. The second-order valence-corrected chi connectivity index (χ2v) is 6.54. The Hall–Kier alpha value is -3.74. The van der Waals surface area contributed by atoms with Crippen molar-refractivity contribution in [1.29, 1.82) is 0 Å². The van der Waals surface area contributed by atoms with Crippen molar-refractivity contribution in [3.8, 4) is 0 Å². The Morgan fingerprint density at radius 1 is 0.931 bits per heavy atom. The van der Waals surface area contributed by atoms with Gasteiger partial charge in [-0.3, -0.25) is 9.59 Å². The number of aryl methyl sites for hydroxylation is 2. The number of amides is 2. The van der Waals surface area contributed by atoms with Gasteiger partial charge in [0.2, 0.25) is 5.91 Å². The fraction of sp³-hybridized carbons (Fsp3) is 0.182. The highest BCUT2D eigenvalue weighted by molar-refractivity contribution is 6.03. The van der Waals surface area contributed by atoms with Gasteiger partial charge >= 0.3 is 0 Å². The summed E-state index contributed by atoms with van der Waals surface area (Å²) in [4.78, 5) is 32.6. The van der Waals surface area contributed by atoms with Gasteiger partial charge < -0.3 is 16.0 Å². The average Bonchev–Trinajstić information content (AvgIpc) is 2.67. The molecule has 7 nitrogen and oxygen atoms in total. The summed E-state index contributed by atoms with van der Waals surface area (Å²) in [5.74, 6) is 0.520. The lowest BCUT2D eigenvalue weighted by molar-refractivity contribution is -0.114. The summed E-state index contributed by atoms with van der Waals surface area (Å²) in [6, 6.07) is 16.5. The van der Waals surface area contributed by atoms with Gasteiger partial charge in [-0.1, -0.05) is 31.2 Å². The minimum atomic E-state index is -0.300. The van der Waals surface area contributed by atoms with Crippen molar-refractivity contribution in [2.45, 2.75) is 27.2 Å². The molecule has 0 aliphatic heterocycles. The summed E-state index contributed by atoms with van der Waals surface area (Å²) in [5.41, 5.74) is 3.50. The second kappa shape index (κ2) is 8.97. The van der Waals surface area contributed by atoms with Gasteiger partial charge in [-0.2, -0.15) is 0 Å². The molecule has 1 aromatic heterocycles. The van der Waals surface area contributed by atoms with Crippen LogP contribution in [0.2, 0.25) is 0 Å². The van der Waals surface area contributed by atoms with Crippen molar-refractivity contribution in [3.63, 3.8) is 0 Å². The molecule has 1 heterocycles. The number of aromatic nitrogens is 2. The van der Waals surface area contributed by atoms with Gasteiger partial charge in [0.05, 0.1) is 0 Å². The molecule has 3 N–H and O–H groups in total. The Bertz CT molecular complexity index is 1050. The Balaban J connectivity index is 1.81. The first kappa shape index (κ1) is 20.0. The van der Waals surface area contributed by atoms with Crippen LogP contribution in [0.3, 0.4) is 0 Å². The largest absolute Gasteiger partial charge is 0.340 e. The monoisotopic (exact) mass is 389 g/mol. The molecule has 0 spiro atoms. The zero-order valence-electron chi connectivity index (χ0n) is 16.6. The zero-order chi connectivity index (χ0) is 20.8. The topological polar surface area (TPSA) is 96.0 Å². The van der Waals surface area contributed by atoms with Crippen LogP contribution in [0.25, 0.3) is 0 Å². The number of carbonyl (C=O) groups excluding carboxylic acids is 2. The number of nitrogens with zero attached hydrogens (tertiary/aromatic N) is 2. The van der Waals surface area contributed by atoms with Gasteiger partial charge in [0.25, 0.3) is 5.91 Å². The van der Waals surface area contributed by atoms with Crippen LogP contribution in [0.1, 0.15) is 35.7 Å². The van der Waals surface area contributed by atoms with E-state index < -0.39 is 0 Å². The molecule has 0 fully saturated rings. The van der Waals surface area contributed by atoms with Crippen LogP contribution in [0, 0.1) is 6.92 Å². The van der Waals surface area contributed by atoms with Crippen molar-refractivity contribution < 1.29 is 9.59 Å². The lowest BCUT2D eigenvalue weighted by Gasteiger charge is -2.12. The van der Waals surface area contributed by atoms with Crippen LogP contribution in [0.15, 0.2) is 54.6 Å². The average molecular weight is 389 g/mol. The first-order valence-corrected chi connectivity index (χ1v) is 9.34. The van der Waals surface area contributed by atoms with Crippen molar-refractivity contribution in [2.75, 3.05) is 16.0 Å². The van der Waals surface area contributed by atoms with E-state index in [2.05, 4.69) is 25.9 Å². The maximum absolute atomic E-state index is 12.7. The smallest absolute Gasteiger partial charge is 0.274 e. The van der Waals surface area contributed by atoms with Gasteiger partial charge in [-0.15, -0.1) is 0 Å². The number of anilines is 4. The fourth-order valence-electron chi connectivity index (χ4n) is 2.91. The van der Waals surface area contributed by atoms with Crippen molar-refractivity contribution in [3.05, 3.63) is 71.7 Å². The predicted octanol–water partition coefficient (Wildman–Crippen LogP) is 4.30. The van der Waals surface area contributed by atoms with Gasteiger partial charge in [0.15, 0.2) is 0 Å². The van der Waals surface area contributed by atoms with E-state index in [4.69, 9.17) is 0 Å². The lowest BCUT2D eigenvalue weighted by atomic mass is 10.1. The maximum Gasteiger partial charge on any atom is 0.274 e. The molecule has 0 aliphatic rings. The number of carbonyl (C=O) groups is 2. The van der Waals surface area contributed by atoms with Crippen molar-refractivity contribution >= 4 is 34.7 Å². The SMILES string of the molecule is CCc1ccccc1NC(=O)c1cc(Nc2cccc(NC(C)=O)c2)nc(C)n1. The summed E-state index contributed by atoms with van der Waals surface area (Å²) in [6.07, 6.45) is 0.816. The van der Waals surface area contributed by atoms with E-state index in [9.17, 15) is 9.59 Å². The standard InChI is InChI=1S/C22H23N5O2/c1-4-16-8-5-6-11-19(16)27-22(29)20-13-21(24-14(2)23-20)26-18-10-7-9-17(12-18)25-15(3)28/h5-13H,4H2,1-3H3,(H,25,28)(H,27,29)(H,23,24,26). The summed E-state index contributed by atoms with van der Waals surface area (Å²) >= 11 is 0. The first-order chi connectivity index (χ1) is 13.9. The van der Waals surface area contributed by atoms with Crippen LogP contribution in [0.5, 0.6) is 0 Å². The van der Waals surface area contributed by atoms with Crippen LogP contribution in [0.4, 0.5) is 22.9 Å². The Labute approximate surface area is 169 Å². The van der Waals surface area contributed by atoms with Gasteiger partial charge in [-0.05, 0) is 43.2 Å². The molecule has 29 heavy (non-hydrogen) atoms. The van der Waals surface area contributed by atoms with Gasteiger partial charge in [0, 0.05) is 30.1 Å². The molecule has 2 aromatic carbocycles. The van der Waals surface area contributed by atoms with Crippen LogP contribution in [-0.4, -0.2) is 21.8 Å². The zero-order valence-corrected chi connectivity index (χ0v) is 16.6. The van der Waals surface area contributed by atoms with Crippen LogP contribution in [-0.2, 0) is 11.2 Å². The van der Waals surface area contributed by atoms with Crippen LogP contribution >= 0.6 is 0 Å². The Morgan fingerprint density at radius 3 is 2.45 bits per heavy atom. The molecule has 0 unspecified atom stereocenters. The molecule has 0 atom stereocenters. The van der Waals surface area contributed by atoms with Crippen molar-refractivity contribution in [1.82, 2.24) is 9.97 Å². The predicted molar refractivity (Wildman–Crippen MR) is 115 cm³/mol. The van der Waals surface area contributed by atoms with Gasteiger partial charge in [0.1, 0.15) is 17.3 Å². The van der Waals surface area contributed by atoms with E-state index in [-0.39, 0.29) is 17.5 Å². The molecule has 0 bridgehead atoms. The highest BCUT2D eigenvalue weighted by Crippen LogP contribution is 2.21. The van der Waals surface area contributed by atoms with E-state index >= 15 is 0 Å². The Kier molecular flexibility index (Phi) is 6.19. The number of hydrogen-bond acceptors (Lipinski definition) is 5. The normalized spacial score (nSPS) is 10.3. The highest BCUT2D eigenvalue weighted by atomic mass is 16.2. The molecule has 0 radical (unpaired) electrons. The lowest BCUT2D eigenvalue weighted by Crippen LogP contribution is -2.16. The molecule has 0 saturated carbocycles. The second-order valence-electron chi connectivity index (χ2n) is 6.54. The first-order valence-electron chi connectivity index (χ1n) is 9.34. The van der Waals surface area contributed by atoms with E-state index in [1.54, 1.807) is 25.1 Å². The maximum atomic E-state index is 12.7. The third kappa shape index (κ3) is 5.38. The number of rotatable bonds is 6. The van der Waals surface area contributed by atoms with Gasteiger partial charge in [-0.25, -0.2) is 9.97 Å². The Morgan fingerprint density at radius 2 is 1.69 bits per heavy atom. The quantitative estimate of drug-likeness (QED) is 0.584. The summed E-state index contributed by atoms with van der Waals surface area (Å²) in [6.45, 7) is 5.22. The van der Waals surface area contributed by atoms with E-state index in [1.807, 2.05) is 43.3 Å². The minimum Gasteiger partial charge on any atom is -0.340 e. The third-order valence-corrected chi connectivity index (χ3v) is 4.17. The van der Waals surface area contributed by atoms with Crippen molar-refractivity contribution in [2.24, 2.45) is 0 Å². The van der Waals surface area contributed by atoms with E-state index in [0.717, 1.165) is 23.4 Å². The summed E-state index contributed by atoms with van der Waals surface area (Å²) in [5, 5.41) is 8.81. The summed E-state index contributed by atoms with van der Waals surface area (Å²) in [7, 11) is 0. The molecule has 148 valence electrons. The molecule has 2 amide bonds. The number of benzene rings is 2. The molecule has 3 rings (SSSR count). The molecule has 7 heteroatoms. The fourth-order valence-corrected chi connectivity index (χ4v) is 2.91. The molecular formula is C22H23N5O2. The molecule has 0 saturated heterocycles. The third-order valence-electron chi connectivity index (χ3n) is 4.17. The molecular weight excluding hydrogens is 366 g/mol. The number of nitrogens with one attached hydrogen (secondary N) is 3. The minimum absolute atomic E-state index is 0.147. The molecule has 0 aliphatic carbocycles. The van der Waals surface area contributed by atoms with Crippen LogP contribution < -0.4 is 16.0 Å². The number of hydrogen-bond donors (Lipinski definition) is 3.